The SMILES string of the molecule is O=Cc1ccn2c(=O)n(C3CCC(=O)NC3=O)nc2c1. The molecule has 2 aromatic rings. The van der Waals surface area contributed by atoms with Gasteiger partial charge in [-0.25, -0.2) is 4.79 Å². The molecule has 1 saturated heterocycles. The Kier molecular flexibility index (Phi) is 2.70. The summed E-state index contributed by atoms with van der Waals surface area (Å²) in [7, 11) is 0. The number of rotatable bonds is 2. The van der Waals surface area contributed by atoms with Gasteiger partial charge in [-0.1, -0.05) is 0 Å². The molecule has 1 aliphatic heterocycles. The molecule has 20 heavy (non-hydrogen) atoms. The van der Waals surface area contributed by atoms with Gasteiger partial charge in [0.1, 0.15) is 12.3 Å². The molecule has 1 fully saturated rings. The molecular weight excluding hydrogens is 264 g/mol. The molecule has 0 bridgehead atoms. The van der Waals surface area contributed by atoms with Crippen LogP contribution in [0.5, 0.6) is 0 Å². The van der Waals surface area contributed by atoms with Gasteiger partial charge in [0.15, 0.2) is 5.65 Å². The summed E-state index contributed by atoms with van der Waals surface area (Å²) >= 11 is 0. The highest BCUT2D eigenvalue weighted by molar-refractivity contribution is 5.99. The standard InChI is InChI=1S/C12H10N4O4/c17-6-7-3-4-15-9(5-7)14-16(12(15)20)8-1-2-10(18)13-11(8)19/h3-6,8H,1-2H2,(H,13,18,19). The van der Waals surface area contributed by atoms with E-state index in [4.69, 9.17) is 0 Å². The van der Waals surface area contributed by atoms with E-state index in [2.05, 4.69) is 10.4 Å². The topological polar surface area (TPSA) is 103 Å². The van der Waals surface area contributed by atoms with Gasteiger partial charge in [-0.3, -0.25) is 24.1 Å². The first-order chi connectivity index (χ1) is 9.60. The third kappa shape index (κ3) is 1.81. The molecule has 0 aliphatic carbocycles. The Bertz CT molecular complexity index is 788. The van der Waals surface area contributed by atoms with Gasteiger partial charge < -0.3 is 0 Å². The molecule has 8 heteroatoms. The molecule has 3 rings (SSSR count). The number of imide groups is 1. The molecule has 1 aliphatic rings. The van der Waals surface area contributed by atoms with Crippen LogP contribution in [-0.2, 0) is 9.59 Å². The van der Waals surface area contributed by atoms with Gasteiger partial charge in [-0.05, 0) is 18.6 Å². The minimum atomic E-state index is -0.806. The Morgan fingerprint density at radius 2 is 2.15 bits per heavy atom. The maximum absolute atomic E-state index is 12.2. The summed E-state index contributed by atoms with van der Waals surface area (Å²) in [5.74, 6) is -0.895. The Labute approximate surface area is 112 Å². The predicted molar refractivity (Wildman–Crippen MR) is 66.3 cm³/mol. The number of nitrogens with one attached hydrogen (secondary N) is 1. The second kappa shape index (κ2) is 4.41. The molecule has 0 spiro atoms. The second-order valence-electron chi connectivity index (χ2n) is 4.50. The fourth-order valence-corrected chi connectivity index (χ4v) is 2.20. The number of carbonyl (C=O) groups excluding carboxylic acids is 3. The summed E-state index contributed by atoms with van der Waals surface area (Å²) in [6, 6.07) is 2.13. The fraction of sp³-hybridized carbons (Fsp3) is 0.250. The van der Waals surface area contributed by atoms with E-state index in [1.165, 1.54) is 22.7 Å². The number of piperidine rings is 1. The van der Waals surface area contributed by atoms with Gasteiger partial charge in [0, 0.05) is 18.2 Å². The first kappa shape index (κ1) is 12.3. The maximum atomic E-state index is 12.2. The smallest absolute Gasteiger partial charge is 0.298 e. The minimum Gasteiger partial charge on any atom is -0.298 e. The molecule has 0 aromatic carbocycles. The van der Waals surface area contributed by atoms with Gasteiger partial charge in [-0.2, -0.15) is 4.68 Å². The van der Waals surface area contributed by atoms with E-state index in [0.29, 0.717) is 11.8 Å². The normalized spacial score (nSPS) is 19.1. The van der Waals surface area contributed by atoms with Crippen molar-refractivity contribution in [1.82, 2.24) is 19.5 Å². The lowest BCUT2D eigenvalue weighted by Gasteiger charge is -2.19. The van der Waals surface area contributed by atoms with Crippen molar-refractivity contribution in [3.8, 4) is 0 Å². The summed E-state index contributed by atoms with van der Waals surface area (Å²) in [4.78, 5) is 45.7. The van der Waals surface area contributed by atoms with Crippen LogP contribution >= 0.6 is 0 Å². The van der Waals surface area contributed by atoms with Crippen molar-refractivity contribution < 1.29 is 14.4 Å². The molecule has 3 heterocycles. The average molecular weight is 274 g/mol. The van der Waals surface area contributed by atoms with E-state index < -0.39 is 17.6 Å². The molecule has 1 atom stereocenters. The average Bonchev–Trinajstić information content (AvgIpc) is 2.75. The van der Waals surface area contributed by atoms with Gasteiger partial charge in [-0.15, -0.1) is 5.10 Å². The molecule has 0 saturated carbocycles. The molecule has 8 nitrogen and oxygen atoms in total. The zero-order valence-electron chi connectivity index (χ0n) is 10.3. The molecule has 2 aromatic heterocycles. The lowest BCUT2D eigenvalue weighted by molar-refractivity contribution is -0.136. The van der Waals surface area contributed by atoms with E-state index in [9.17, 15) is 19.2 Å². The third-order valence-corrected chi connectivity index (χ3v) is 3.21. The van der Waals surface area contributed by atoms with E-state index in [1.807, 2.05) is 0 Å². The number of hydrogen-bond acceptors (Lipinski definition) is 5. The number of hydrogen-bond donors (Lipinski definition) is 1. The highest BCUT2D eigenvalue weighted by Crippen LogP contribution is 2.16. The van der Waals surface area contributed by atoms with Crippen molar-refractivity contribution in [2.75, 3.05) is 0 Å². The van der Waals surface area contributed by atoms with Crippen LogP contribution in [0.25, 0.3) is 5.65 Å². The van der Waals surface area contributed by atoms with E-state index >= 15 is 0 Å². The summed E-state index contributed by atoms with van der Waals surface area (Å²) in [5.41, 5.74) is 0.189. The highest BCUT2D eigenvalue weighted by Gasteiger charge is 2.30. The van der Waals surface area contributed by atoms with Crippen LogP contribution in [0, 0.1) is 0 Å². The van der Waals surface area contributed by atoms with Crippen LogP contribution in [0.1, 0.15) is 29.2 Å². The van der Waals surface area contributed by atoms with Gasteiger partial charge in [0.05, 0.1) is 0 Å². The lowest BCUT2D eigenvalue weighted by atomic mass is 10.1. The molecule has 102 valence electrons. The van der Waals surface area contributed by atoms with Gasteiger partial charge in [0.2, 0.25) is 5.91 Å². The first-order valence-electron chi connectivity index (χ1n) is 6.00. The molecule has 0 radical (unpaired) electrons. The zero-order chi connectivity index (χ0) is 14.3. The molecule has 2 amide bonds. The Hall–Kier alpha value is -2.77. The van der Waals surface area contributed by atoms with E-state index in [1.54, 1.807) is 0 Å². The fourth-order valence-electron chi connectivity index (χ4n) is 2.20. The Morgan fingerprint density at radius 1 is 1.35 bits per heavy atom. The summed E-state index contributed by atoms with van der Waals surface area (Å²) in [6.45, 7) is 0. The number of amides is 2. The number of aldehydes is 1. The molecule has 1 N–H and O–H groups in total. The van der Waals surface area contributed by atoms with Crippen molar-refractivity contribution in [3.63, 3.8) is 0 Å². The van der Waals surface area contributed by atoms with Crippen molar-refractivity contribution >= 4 is 23.7 Å². The molecule has 1 unspecified atom stereocenters. The number of fused-ring (bicyclic) bond motifs is 1. The number of aromatic nitrogens is 3. The lowest BCUT2D eigenvalue weighted by Crippen LogP contribution is -2.44. The first-order valence-corrected chi connectivity index (χ1v) is 6.00. The van der Waals surface area contributed by atoms with Crippen molar-refractivity contribution in [2.45, 2.75) is 18.9 Å². The number of nitrogens with zero attached hydrogens (tertiary/aromatic N) is 3. The third-order valence-electron chi connectivity index (χ3n) is 3.21. The maximum Gasteiger partial charge on any atom is 0.351 e. The number of carbonyl (C=O) groups is 3. The Balaban J connectivity index is 2.10. The van der Waals surface area contributed by atoms with E-state index in [0.717, 1.165) is 4.68 Å². The van der Waals surface area contributed by atoms with Gasteiger partial charge in [0.25, 0.3) is 5.91 Å². The minimum absolute atomic E-state index is 0.163. The summed E-state index contributed by atoms with van der Waals surface area (Å²) in [6.07, 6.45) is 2.47. The van der Waals surface area contributed by atoms with Crippen LogP contribution < -0.4 is 11.0 Å². The van der Waals surface area contributed by atoms with Crippen molar-refractivity contribution in [1.29, 1.82) is 0 Å². The van der Waals surface area contributed by atoms with Crippen LogP contribution in [0.3, 0.4) is 0 Å². The summed E-state index contributed by atoms with van der Waals surface area (Å²) < 4.78 is 2.29. The van der Waals surface area contributed by atoms with Crippen LogP contribution in [-0.4, -0.2) is 32.3 Å². The van der Waals surface area contributed by atoms with E-state index in [-0.39, 0.29) is 24.4 Å². The highest BCUT2D eigenvalue weighted by atomic mass is 16.2. The van der Waals surface area contributed by atoms with Crippen molar-refractivity contribution in [3.05, 3.63) is 34.4 Å². The Morgan fingerprint density at radius 3 is 2.85 bits per heavy atom. The zero-order valence-corrected chi connectivity index (χ0v) is 10.3. The van der Waals surface area contributed by atoms with Crippen LogP contribution in [0.4, 0.5) is 0 Å². The monoisotopic (exact) mass is 274 g/mol. The predicted octanol–water partition coefficient (Wildman–Crippen LogP) is -0.714. The summed E-state index contributed by atoms with van der Waals surface area (Å²) in [5, 5.41) is 6.24. The molecular formula is C12H10N4O4. The van der Waals surface area contributed by atoms with Gasteiger partial charge >= 0.3 is 5.69 Å². The largest absolute Gasteiger partial charge is 0.351 e. The van der Waals surface area contributed by atoms with Crippen LogP contribution in [0.2, 0.25) is 0 Å². The van der Waals surface area contributed by atoms with Crippen LogP contribution in [0.15, 0.2) is 23.1 Å². The quantitative estimate of drug-likeness (QED) is 0.575. The van der Waals surface area contributed by atoms with Crippen molar-refractivity contribution in [2.24, 2.45) is 0 Å². The second-order valence-corrected chi connectivity index (χ2v) is 4.50. The number of pyridine rings is 1.